The first-order chi connectivity index (χ1) is 12.9. The number of likely N-dealkylation sites (N-methyl/N-ethyl adjacent to an activating group) is 1. The van der Waals surface area contributed by atoms with Crippen molar-refractivity contribution in [3.05, 3.63) is 29.3 Å². The third-order valence-corrected chi connectivity index (χ3v) is 5.15. The molecule has 3 rings (SSSR count). The number of piperidine rings is 1. The van der Waals surface area contributed by atoms with Gasteiger partial charge in [0.05, 0.1) is 11.1 Å². The van der Waals surface area contributed by atoms with Crippen molar-refractivity contribution in [1.29, 1.82) is 0 Å². The Morgan fingerprint density at radius 1 is 1.19 bits per heavy atom. The van der Waals surface area contributed by atoms with Crippen LogP contribution in [0.15, 0.2) is 18.2 Å². The first-order valence-corrected chi connectivity index (χ1v) is 9.23. The van der Waals surface area contributed by atoms with Gasteiger partial charge in [0, 0.05) is 31.2 Å². The van der Waals surface area contributed by atoms with E-state index in [1.165, 1.54) is 0 Å². The summed E-state index contributed by atoms with van der Waals surface area (Å²) in [5.41, 5.74) is 7.43. The maximum Gasteiger partial charge on any atom is 0.262 e. The van der Waals surface area contributed by atoms with Gasteiger partial charge in [-0.2, -0.15) is 0 Å². The summed E-state index contributed by atoms with van der Waals surface area (Å²) in [5.74, 6) is -1.99. The largest absolute Gasteiger partial charge is 0.370 e. The molecular formula is C19H24N4O4. The Morgan fingerprint density at radius 2 is 1.89 bits per heavy atom. The molecule has 2 heterocycles. The molecule has 1 fully saturated rings. The molecule has 1 saturated heterocycles. The lowest BCUT2D eigenvalue weighted by Gasteiger charge is -2.27. The predicted octanol–water partition coefficient (Wildman–Crippen LogP) is 0.651. The summed E-state index contributed by atoms with van der Waals surface area (Å²) in [6.45, 7) is 5.37. The van der Waals surface area contributed by atoms with Gasteiger partial charge in [0.25, 0.3) is 11.8 Å². The van der Waals surface area contributed by atoms with E-state index in [2.05, 4.69) is 10.2 Å². The van der Waals surface area contributed by atoms with Crippen LogP contribution in [0.2, 0.25) is 0 Å². The Labute approximate surface area is 157 Å². The third kappa shape index (κ3) is 3.44. The summed E-state index contributed by atoms with van der Waals surface area (Å²) in [4.78, 5) is 52.1. The highest BCUT2D eigenvalue weighted by Crippen LogP contribution is 2.30. The monoisotopic (exact) mass is 372 g/mol. The number of carbonyl (C=O) groups excluding carboxylic acids is 4. The Morgan fingerprint density at radius 3 is 2.52 bits per heavy atom. The lowest BCUT2D eigenvalue weighted by atomic mass is 10.0. The van der Waals surface area contributed by atoms with Gasteiger partial charge in [-0.1, -0.05) is 6.92 Å². The average molecular weight is 372 g/mol. The van der Waals surface area contributed by atoms with E-state index in [1.54, 1.807) is 18.2 Å². The number of hydrogen-bond acceptors (Lipinski definition) is 6. The molecule has 144 valence electrons. The molecular weight excluding hydrogens is 348 g/mol. The number of imide groups is 2. The molecule has 2 atom stereocenters. The zero-order chi connectivity index (χ0) is 19.7. The van der Waals surface area contributed by atoms with Gasteiger partial charge in [-0.15, -0.1) is 0 Å². The average Bonchev–Trinajstić information content (AvgIpc) is 2.90. The highest BCUT2D eigenvalue weighted by molar-refractivity contribution is 6.23. The molecule has 1 aromatic carbocycles. The molecule has 3 N–H and O–H groups in total. The molecule has 0 saturated carbocycles. The number of nitrogens with zero attached hydrogens (tertiary/aromatic N) is 2. The molecule has 0 aliphatic carbocycles. The summed E-state index contributed by atoms with van der Waals surface area (Å²) >= 11 is 0. The molecule has 0 radical (unpaired) electrons. The minimum atomic E-state index is -0.950. The number of hydrogen-bond donors (Lipinski definition) is 2. The van der Waals surface area contributed by atoms with Crippen molar-refractivity contribution < 1.29 is 19.2 Å². The molecule has 2 unspecified atom stereocenters. The van der Waals surface area contributed by atoms with E-state index in [0.717, 1.165) is 17.0 Å². The smallest absolute Gasteiger partial charge is 0.262 e. The van der Waals surface area contributed by atoms with Gasteiger partial charge >= 0.3 is 0 Å². The standard InChI is InChI=1S/C19H24N4O4/c1-3-11(20)10-22(4-2)12-5-6-13-14(9-12)19(27)23(18(13)26)15-7-8-16(24)21-17(15)25/h5-6,9,11,15H,3-4,7-8,10,20H2,1-2H3,(H,21,24,25). The summed E-state index contributed by atoms with van der Waals surface area (Å²) in [6, 6.07) is 4.17. The zero-order valence-electron chi connectivity index (χ0n) is 15.5. The molecule has 8 heteroatoms. The van der Waals surface area contributed by atoms with Crippen molar-refractivity contribution in [3.8, 4) is 0 Å². The molecule has 4 amide bonds. The van der Waals surface area contributed by atoms with Gasteiger partial charge in [0.2, 0.25) is 11.8 Å². The SMILES string of the molecule is CCC(N)CN(CC)c1ccc2c(c1)C(=O)N(C1CCC(=O)NC1=O)C2=O. The normalized spacial score (nSPS) is 20.6. The van der Waals surface area contributed by atoms with Crippen molar-refractivity contribution in [1.82, 2.24) is 10.2 Å². The minimum Gasteiger partial charge on any atom is -0.370 e. The molecule has 2 aliphatic heterocycles. The fourth-order valence-corrected chi connectivity index (χ4v) is 3.48. The topological polar surface area (TPSA) is 113 Å². The lowest BCUT2D eigenvalue weighted by Crippen LogP contribution is -2.54. The number of amides is 4. The zero-order valence-corrected chi connectivity index (χ0v) is 15.5. The Kier molecular flexibility index (Phi) is 5.27. The summed E-state index contributed by atoms with van der Waals surface area (Å²) < 4.78 is 0. The van der Waals surface area contributed by atoms with Crippen molar-refractivity contribution in [3.63, 3.8) is 0 Å². The number of nitrogens with two attached hydrogens (primary N) is 1. The van der Waals surface area contributed by atoms with Crippen LogP contribution in [0, 0.1) is 0 Å². The molecule has 2 aliphatic rings. The van der Waals surface area contributed by atoms with Crippen LogP contribution in [0.3, 0.4) is 0 Å². The summed E-state index contributed by atoms with van der Waals surface area (Å²) in [5, 5.41) is 2.19. The second-order valence-corrected chi connectivity index (χ2v) is 6.88. The van der Waals surface area contributed by atoms with E-state index in [-0.39, 0.29) is 35.9 Å². The van der Waals surface area contributed by atoms with Gasteiger partial charge in [-0.3, -0.25) is 29.4 Å². The number of benzene rings is 1. The molecule has 0 spiro atoms. The Balaban J connectivity index is 1.88. The van der Waals surface area contributed by atoms with Gasteiger partial charge in [0.15, 0.2) is 0 Å². The Bertz CT molecular complexity index is 807. The van der Waals surface area contributed by atoms with Crippen LogP contribution in [-0.4, -0.2) is 53.7 Å². The highest BCUT2D eigenvalue weighted by Gasteiger charge is 2.44. The maximum absolute atomic E-state index is 12.9. The van der Waals surface area contributed by atoms with E-state index in [0.29, 0.717) is 13.1 Å². The van der Waals surface area contributed by atoms with Crippen LogP contribution in [0.1, 0.15) is 53.8 Å². The van der Waals surface area contributed by atoms with E-state index in [1.807, 2.05) is 13.8 Å². The maximum atomic E-state index is 12.9. The quantitative estimate of drug-likeness (QED) is 0.709. The number of carbonyl (C=O) groups is 4. The van der Waals surface area contributed by atoms with Gasteiger partial charge in [-0.25, -0.2) is 0 Å². The molecule has 27 heavy (non-hydrogen) atoms. The van der Waals surface area contributed by atoms with Crippen LogP contribution < -0.4 is 16.0 Å². The van der Waals surface area contributed by atoms with E-state index >= 15 is 0 Å². The van der Waals surface area contributed by atoms with E-state index < -0.39 is 23.8 Å². The number of nitrogens with one attached hydrogen (secondary N) is 1. The number of anilines is 1. The van der Waals surface area contributed by atoms with Crippen molar-refractivity contribution in [2.75, 3.05) is 18.0 Å². The second kappa shape index (κ2) is 7.48. The van der Waals surface area contributed by atoms with Crippen molar-refractivity contribution in [2.45, 2.75) is 45.2 Å². The van der Waals surface area contributed by atoms with Crippen LogP contribution in [-0.2, 0) is 9.59 Å². The van der Waals surface area contributed by atoms with Gasteiger partial charge in [0.1, 0.15) is 6.04 Å². The number of rotatable bonds is 6. The molecule has 0 bridgehead atoms. The highest BCUT2D eigenvalue weighted by atomic mass is 16.2. The third-order valence-electron chi connectivity index (χ3n) is 5.15. The Hall–Kier alpha value is -2.74. The predicted molar refractivity (Wildman–Crippen MR) is 99.3 cm³/mol. The van der Waals surface area contributed by atoms with Crippen LogP contribution >= 0.6 is 0 Å². The summed E-state index contributed by atoms with van der Waals surface area (Å²) in [7, 11) is 0. The van der Waals surface area contributed by atoms with Gasteiger partial charge < -0.3 is 10.6 Å². The van der Waals surface area contributed by atoms with E-state index in [4.69, 9.17) is 5.73 Å². The fraction of sp³-hybridized carbons (Fsp3) is 0.474. The van der Waals surface area contributed by atoms with Crippen molar-refractivity contribution >= 4 is 29.3 Å². The first kappa shape index (κ1) is 19.0. The molecule has 1 aromatic rings. The van der Waals surface area contributed by atoms with E-state index in [9.17, 15) is 19.2 Å². The van der Waals surface area contributed by atoms with Crippen LogP contribution in [0.5, 0.6) is 0 Å². The minimum absolute atomic E-state index is 0.00973. The van der Waals surface area contributed by atoms with Gasteiger partial charge in [-0.05, 0) is 38.0 Å². The van der Waals surface area contributed by atoms with Crippen LogP contribution in [0.4, 0.5) is 5.69 Å². The second-order valence-electron chi connectivity index (χ2n) is 6.88. The lowest BCUT2D eigenvalue weighted by molar-refractivity contribution is -0.136. The number of fused-ring (bicyclic) bond motifs is 1. The summed E-state index contributed by atoms with van der Waals surface area (Å²) in [6.07, 6.45) is 1.09. The van der Waals surface area contributed by atoms with Crippen molar-refractivity contribution in [2.24, 2.45) is 5.73 Å². The molecule has 8 nitrogen and oxygen atoms in total. The van der Waals surface area contributed by atoms with Crippen LogP contribution in [0.25, 0.3) is 0 Å². The first-order valence-electron chi connectivity index (χ1n) is 9.23. The molecule has 0 aromatic heterocycles. The fourth-order valence-electron chi connectivity index (χ4n) is 3.48.